The number of aliphatic hydroxyl groups excluding tert-OH is 2. The van der Waals surface area contributed by atoms with Crippen LogP contribution in [0.15, 0.2) is 24.3 Å². The van der Waals surface area contributed by atoms with Crippen molar-refractivity contribution in [2.45, 2.75) is 50.1 Å². The molecule has 0 bridgehead atoms. The third kappa shape index (κ3) is 4.69. The summed E-state index contributed by atoms with van der Waals surface area (Å²) in [5.41, 5.74) is 2.08. The van der Waals surface area contributed by atoms with E-state index in [1.807, 2.05) is 7.05 Å². The first kappa shape index (κ1) is 23.3. The van der Waals surface area contributed by atoms with Gasteiger partial charge in [-0.15, -0.1) is 11.3 Å². The number of carbonyl (C=O) groups is 2. The molecule has 5 N–H and O–H groups in total. The van der Waals surface area contributed by atoms with Gasteiger partial charge in [0.05, 0.1) is 30.0 Å². The number of aromatic nitrogens is 2. The molecular weight excluding hydrogens is 478 g/mol. The van der Waals surface area contributed by atoms with E-state index in [1.54, 1.807) is 24.3 Å². The second kappa shape index (κ2) is 9.27. The van der Waals surface area contributed by atoms with E-state index in [0.717, 1.165) is 41.0 Å². The molecule has 11 heteroatoms. The second-order valence-corrected chi connectivity index (χ2v) is 10.6. The number of halogens is 1. The molecule has 0 spiro atoms. The number of rotatable bonds is 4. The van der Waals surface area contributed by atoms with Gasteiger partial charge in [0, 0.05) is 40.3 Å². The average molecular weight is 504 g/mol. The van der Waals surface area contributed by atoms with Gasteiger partial charge in [-0.25, -0.2) is 4.98 Å². The summed E-state index contributed by atoms with van der Waals surface area (Å²) in [6, 6.07) is 5.88. The van der Waals surface area contributed by atoms with Crippen molar-refractivity contribution in [3.63, 3.8) is 0 Å². The fourth-order valence-corrected chi connectivity index (χ4v) is 5.88. The summed E-state index contributed by atoms with van der Waals surface area (Å²) in [6.45, 7) is 1.67. The Bertz CT molecular complexity index is 1240. The molecule has 1 aliphatic heterocycles. The SMILES string of the molecule is CN1CCc2nc(C(=O)NC3CC(O)[C@@H](O)CC3NC(=O)c3cc4cc(Cl)ccc4[nH]3)sc2C1. The van der Waals surface area contributed by atoms with Gasteiger partial charge in [0.25, 0.3) is 11.8 Å². The number of thiazole rings is 1. The van der Waals surface area contributed by atoms with Gasteiger partial charge in [0.2, 0.25) is 0 Å². The first-order valence-electron chi connectivity index (χ1n) is 11.2. The van der Waals surface area contributed by atoms with E-state index in [1.165, 1.54) is 11.3 Å². The van der Waals surface area contributed by atoms with Crippen LogP contribution in [-0.2, 0) is 13.0 Å². The highest BCUT2D eigenvalue weighted by Crippen LogP contribution is 2.26. The molecule has 5 rings (SSSR count). The Morgan fingerprint density at radius 3 is 2.59 bits per heavy atom. The van der Waals surface area contributed by atoms with Crippen molar-refractivity contribution in [3.8, 4) is 0 Å². The number of hydrogen-bond donors (Lipinski definition) is 5. The molecule has 0 saturated heterocycles. The Morgan fingerprint density at radius 2 is 1.85 bits per heavy atom. The van der Waals surface area contributed by atoms with Crippen LogP contribution < -0.4 is 10.6 Å². The van der Waals surface area contributed by atoms with Crippen molar-refractivity contribution in [3.05, 3.63) is 50.6 Å². The van der Waals surface area contributed by atoms with E-state index in [-0.39, 0.29) is 24.7 Å². The summed E-state index contributed by atoms with van der Waals surface area (Å²) < 4.78 is 0. The number of likely N-dealkylation sites (N-methyl/N-ethyl adjacent to an activating group) is 1. The lowest BCUT2D eigenvalue weighted by Crippen LogP contribution is -2.59. The van der Waals surface area contributed by atoms with Gasteiger partial charge in [-0.2, -0.15) is 0 Å². The minimum Gasteiger partial charge on any atom is -0.390 e. The molecule has 180 valence electrons. The molecule has 34 heavy (non-hydrogen) atoms. The van der Waals surface area contributed by atoms with E-state index in [0.29, 0.717) is 15.7 Å². The van der Waals surface area contributed by atoms with Crippen molar-refractivity contribution in [2.75, 3.05) is 13.6 Å². The Balaban J connectivity index is 1.31. The van der Waals surface area contributed by atoms with Crippen LogP contribution in [0, 0.1) is 0 Å². The minimum atomic E-state index is -0.998. The molecule has 3 heterocycles. The maximum Gasteiger partial charge on any atom is 0.280 e. The predicted octanol–water partition coefficient (Wildman–Crippen LogP) is 1.68. The highest BCUT2D eigenvalue weighted by Gasteiger charge is 2.38. The summed E-state index contributed by atoms with van der Waals surface area (Å²) >= 11 is 7.41. The molecule has 9 nitrogen and oxygen atoms in total. The van der Waals surface area contributed by atoms with E-state index in [9.17, 15) is 19.8 Å². The summed E-state index contributed by atoms with van der Waals surface area (Å²) in [4.78, 5) is 36.8. The van der Waals surface area contributed by atoms with Gasteiger partial charge < -0.3 is 30.7 Å². The lowest BCUT2D eigenvalue weighted by molar-refractivity contribution is -0.0275. The van der Waals surface area contributed by atoms with Gasteiger partial charge in [0.15, 0.2) is 5.01 Å². The highest BCUT2D eigenvalue weighted by atomic mass is 35.5. The zero-order valence-corrected chi connectivity index (χ0v) is 20.1. The molecule has 3 unspecified atom stereocenters. The molecule has 3 aromatic rings. The lowest BCUT2D eigenvalue weighted by atomic mass is 9.86. The standard InChI is InChI=1S/C23H26ClN5O4S/c1-29-5-4-14-20(10-29)34-23(28-14)22(33)27-16-9-19(31)18(30)8-15(16)26-21(32)17-7-11-6-12(24)2-3-13(11)25-17/h2-3,6-7,15-16,18-19,25,30-31H,4-5,8-10H2,1H3,(H,26,32)(H,27,33)/t15?,16?,18-,19?/m0/s1. The van der Waals surface area contributed by atoms with Gasteiger partial charge >= 0.3 is 0 Å². The van der Waals surface area contributed by atoms with E-state index in [2.05, 4.69) is 25.5 Å². The van der Waals surface area contributed by atoms with Crippen molar-refractivity contribution in [2.24, 2.45) is 0 Å². The number of aliphatic hydroxyl groups is 2. The summed E-state index contributed by atoms with van der Waals surface area (Å²) in [7, 11) is 2.03. The number of nitrogens with zero attached hydrogens (tertiary/aromatic N) is 2. The second-order valence-electron chi connectivity index (χ2n) is 9.06. The molecule has 1 aromatic carbocycles. The number of benzene rings is 1. The van der Waals surface area contributed by atoms with Crippen LogP contribution in [0.25, 0.3) is 10.9 Å². The van der Waals surface area contributed by atoms with Gasteiger partial charge in [0.1, 0.15) is 5.69 Å². The number of carbonyl (C=O) groups excluding carboxylic acids is 2. The molecule has 4 atom stereocenters. The Kier molecular flexibility index (Phi) is 6.34. The Morgan fingerprint density at radius 1 is 1.15 bits per heavy atom. The number of hydrogen-bond acceptors (Lipinski definition) is 7. The first-order valence-corrected chi connectivity index (χ1v) is 12.4. The number of nitrogens with one attached hydrogen (secondary N) is 3. The van der Waals surface area contributed by atoms with Crippen LogP contribution in [0.5, 0.6) is 0 Å². The number of fused-ring (bicyclic) bond motifs is 2. The quantitative estimate of drug-likeness (QED) is 0.368. The van der Waals surface area contributed by atoms with Crippen LogP contribution in [0.1, 0.15) is 43.7 Å². The average Bonchev–Trinajstić information content (AvgIpc) is 3.40. The van der Waals surface area contributed by atoms with Crippen molar-refractivity contribution in [1.29, 1.82) is 0 Å². The molecule has 2 amide bonds. The van der Waals surface area contributed by atoms with Gasteiger partial charge in [-0.3, -0.25) is 9.59 Å². The van der Waals surface area contributed by atoms with Crippen molar-refractivity contribution >= 4 is 45.7 Å². The molecular formula is C23H26ClN5O4S. The first-order chi connectivity index (χ1) is 16.3. The molecule has 0 radical (unpaired) electrons. The van der Waals surface area contributed by atoms with E-state index < -0.39 is 24.3 Å². The van der Waals surface area contributed by atoms with E-state index in [4.69, 9.17) is 11.6 Å². The van der Waals surface area contributed by atoms with Crippen LogP contribution in [0.4, 0.5) is 0 Å². The third-order valence-corrected chi connectivity index (χ3v) is 7.81. The number of amides is 2. The highest BCUT2D eigenvalue weighted by molar-refractivity contribution is 7.13. The van der Waals surface area contributed by atoms with Gasteiger partial charge in [-0.05, 0) is 44.2 Å². The minimum absolute atomic E-state index is 0.114. The molecule has 2 aliphatic rings. The smallest absolute Gasteiger partial charge is 0.280 e. The Hall–Kier alpha value is -2.50. The fraction of sp³-hybridized carbons (Fsp3) is 0.435. The largest absolute Gasteiger partial charge is 0.390 e. The van der Waals surface area contributed by atoms with Gasteiger partial charge in [-0.1, -0.05) is 11.6 Å². The van der Waals surface area contributed by atoms with Crippen LogP contribution in [-0.4, -0.2) is 74.8 Å². The predicted molar refractivity (Wildman–Crippen MR) is 129 cm³/mol. The zero-order chi connectivity index (χ0) is 24.0. The van der Waals surface area contributed by atoms with Crippen LogP contribution in [0.3, 0.4) is 0 Å². The van der Waals surface area contributed by atoms with Crippen molar-refractivity contribution < 1.29 is 19.8 Å². The monoisotopic (exact) mass is 503 g/mol. The van der Waals surface area contributed by atoms with Crippen LogP contribution in [0.2, 0.25) is 5.02 Å². The molecule has 2 aromatic heterocycles. The number of H-pyrrole nitrogens is 1. The lowest BCUT2D eigenvalue weighted by Gasteiger charge is -2.37. The van der Waals surface area contributed by atoms with Crippen LogP contribution >= 0.6 is 22.9 Å². The molecule has 1 saturated carbocycles. The summed E-state index contributed by atoms with van der Waals surface area (Å²) in [5.74, 6) is -0.706. The maximum atomic E-state index is 13.0. The maximum absolute atomic E-state index is 13.0. The van der Waals surface area contributed by atoms with Crippen molar-refractivity contribution in [1.82, 2.24) is 25.5 Å². The number of aromatic amines is 1. The zero-order valence-electron chi connectivity index (χ0n) is 18.5. The third-order valence-electron chi connectivity index (χ3n) is 6.50. The summed E-state index contributed by atoms with van der Waals surface area (Å²) in [5, 5.41) is 28.1. The molecule has 1 fully saturated rings. The fourth-order valence-electron chi connectivity index (χ4n) is 4.60. The Labute approximate surface area is 205 Å². The normalized spacial score (nSPS) is 25.2. The molecule has 1 aliphatic carbocycles. The topological polar surface area (TPSA) is 131 Å². The van der Waals surface area contributed by atoms with E-state index >= 15 is 0 Å². The summed E-state index contributed by atoms with van der Waals surface area (Å²) in [6.07, 6.45) is -0.954.